The Morgan fingerprint density at radius 3 is 1.98 bits per heavy atom. The number of para-hydroxylation sites is 1. The molecule has 0 radical (unpaired) electrons. The second-order valence-electron chi connectivity index (χ2n) is 12.9. The molecule has 6 nitrogen and oxygen atoms in total. The molecule has 0 aromatic heterocycles. The van der Waals surface area contributed by atoms with Crippen LogP contribution in [0.4, 0.5) is 5.69 Å². The van der Waals surface area contributed by atoms with Crippen molar-refractivity contribution in [2.24, 2.45) is 10.8 Å². The molecule has 222 valence electrons. The van der Waals surface area contributed by atoms with Gasteiger partial charge in [0.1, 0.15) is 5.75 Å². The number of hydrogen-bond donors (Lipinski definition) is 1. The SMILES string of the molecule is CCN1C2=C(C(=O)CC(C)(C)C2)C(c2cc(Br)c(OCC(=O)Nc3ccccc3Cl)c(Br)c2)C2=C1CC(C)(C)CC2=O. The molecule has 0 spiro atoms. The maximum Gasteiger partial charge on any atom is 0.262 e. The standard InChI is InChI=1S/C33H35Br2ClN2O4/c1-6-38-23-13-32(2,3)15-25(39)29(23)28(30-24(38)14-33(4,5)16-26(30)40)18-11-19(34)31(20(35)12-18)42-17-27(41)37-22-10-8-7-9-21(22)36/h7-12,28H,6,13-17H2,1-5H3,(H,37,41). The quantitative estimate of drug-likeness (QED) is 0.324. The summed E-state index contributed by atoms with van der Waals surface area (Å²) >= 11 is 13.4. The number of allylic oxidation sites excluding steroid dienone is 4. The van der Waals surface area contributed by atoms with E-state index in [1.54, 1.807) is 24.3 Å². The number of nitrogens with zero attached hydrogens (tertiary/aromatic N) is 1. The zero-order chi connectivity index (χ0) is 30.6. The van der Waals surface area contributed by atoms with E-state index in [1.807, 2.05) is 12.1 Å². The van der Waals surface area contributed by atoms with Gasteiger partial charge in [-0.2, -0.15) is 0 Å². The molecule has 1 heterocycles. The number of anilines is 1. The fourth-order valence-corrected chi connectivity index (χ4v) is 8.17. The molecule has 0 atom stereocenters. The highest BCUT2D eigenvalue weighted by Crippen LogP contribution is 2.55. The summed E-state index contributed by atoms with van der Waals surface area (Å²) in [5.74, 6) is -0.173. The molecule has 0 bridgehead atoms. The highest BCUT2D eigenvalue weighted by atomic mass is 79.9. The Morgan fingerprint density at radius 2 is 1.48 bits per heavy atom. The molecule has 3 aliphatic rings. The van der Waals surface area contributed by atoms with Crippen LogP contribution in [-0.2, 0) is 14.4 Å². The lowest BCUT2D eigenvalue weighted by molar-refractivity contribution is -0.120. The minimum atomic E-state index is -0.463. The van der Waals surface area contributed by atoms with Crippen LogP contribution in [0, 0.1) is 10.8 Å². The summed E-state index contributed by atoms with van der Waals surface area (Å²) in [5, 5.41) is 3.20. The fourth-order valence-electron chi connectivity index (χ4n) is 6.53. The van der Waals surface area contributed by atoms with Crippen LogP contribution in [0.2, 0.25) is 5.02 Å². The predicted molar refractivity (Wildman–Crippen MR) is 173 cm³/mol. The molecule has 0 saturated carbocycles. The van der Waals surface area contributed by atoms with E-state index < -0.39 is 5.92 Å². The molecule has 2 aromatic carbocycles. The van der Waals surface area contributed by atoms with E-state index >= 15 is 0 Å². The van der Waals surface area contributed by atoms with Gasteiger partial charge in [0.15, 0.2) is 18.2 Å². The lowest BCUT2D eigenvalue weighted by Crippen LogP contribution is -2.44. The Morgan fingerprint density at radius 1 is 0.952 bits per heavy atom. The Balaban J connectivity index is 1.53. The predicted octanol–water partition coefficient (Wildman–Crippen LogP) is 8.59. The highest BCUT2D eigenvalue weighted by Gasteiger charge is 2.48. The third-order valence-corrected chi connectivity index (χ3v) is 9.70. The molecule has 2 aromatic rings. The number of ether oxygens (including phenoxy) is 1. The van der Waals surface area contributed by atoms with E-state index in [0.29, 0.717) is 44.8 Å². The number of hydrogen-bond acceptors (Lipinski definition) is 5. The molecule has 9 heteroatoms. The zero-order valence-corrected chi connectivity index (χ0v) is 28.4. The monoisotopic (exact) mass is 716 g/mol. The average molecular weight is 719 g/mol. The van der Waals surface area contributed by atoms with Crippen molar-refractivity contribution < 1.29 is 19.1 Å². The summed E-state index contributed by atoms with van der Waals surface area (Å²) in [6, 6.07) is 10.8. The normalized spacial score (nSPS) is 20.0. The number of carbonyl (C=O) groups excluding carboxylic acids is 3. The number of halogens is 3. The molecule has 42 heavy (non-hydrogen) atoms. The van der Waals surface area contributed by atoms with Crippen molar-refractivity contribution in [1.29, 1.82) is 0 Å². The third-order valence-electron chi connectivity index (χ3n) is 8.19. The Bertz CT molecular complexity index is 1480. The van der Waals surface area contributed by atoms with Crippen LogP contribution in [0.1, 0.15) is 71.8 Å². The van der Waals surface area contributed by atoms with Gasteiger partial charge < -0.3 is 15.0 Å². The van der Waals surface area contributed by atoms with Crippen molar-refractivity contribution in [2.75, 3.05) is 18.5 Å². The van der Waals surface area contributed by atoms with Gasteiger partial charge >= 0.3 is 0 Å². The number of ketones is 2. The molecule has 2 aliphatic carbocycles. The van der Waals surface area contributed by atoms with E-state index in [2.05, 4.69) is 76.7 Å². The van der Waals surface area contributed by atoms with E-state index in [1.165, 1.54) is 0 Å². The van der Waals surface area contributed by atoms with E-state index in [-0.39, 0.29) is 34.9 Å². The first-order valence-electron chi connectivity index (χ1n) is 14.2. The summed E-state index contributed by atoms with van der Waals surface area (Å²) in [6.07, 6.45) is 2.42. The summed E-state index contributed by atoms with van der Waals surface area (Å²) in [5.41, 5.74) is 4.55. The summed E-state index contributed by atoms with van der Waals surface area (Å²) in [4.78, 5) is 42.6. The molecule has 0 fully saturated rings. The Kier molecular flexibility index (Phi) is 8.56. The number of amides is 1. The first-order chi connectivity index (χ1) is 19.7. The smallest absolute Gasteiger partial charge is 0.262 e. The number of Topliss-reactive ketones (excluding diaryl/α,β-unsaturated/α-hetero) is 2. The van der Waals surface area contributed by atoms with Crippen molar-refractivity contribution in [2.45, 2.75) is 66.2 Å². The lowest BCUT2D eigenvalue weighted by atomic mass is 9.63. The van der Waals surface area contributed by atoms with Gasteiger partial charge in [-0.1, -0.05) is 51.4 Å². The molecular weight excluding hydrogens is 684 g/mol. The van der Waals surface area contributed by atoms with Crippen LogP contribution in [0.3, 0.4) is 0 Å². The molecular formula is C33H35Br2ClN2O4. The molecule has 1 aliphatic heterocycles. The van der Waals surface area contributed by atoms with Gasteiger partial charge in [0.25, 0.3) is 5.91 Å². The fraction of sp³-hybridized carbons (Fsp3) is 0.424. The van der Waals surface area contributed by atoms with Crippen molar-refractivity contribution in [3.63, 3.8) is 0 Å². The number of rotatable bonds is 6. The summed E-state index contributed by atoms with van der Waals surface area (Å²) in [6.45, 7) is 11.1. The number of benzene rings is 2. The van der Waals surface area contributed by atoms with Crippen molar-refractivity contribution in [1.82, 2.24) is 4.90 Å². The minimum Gasteiger partial charge on any atom is -0.481 e. The maximum atomic E-state index is 13.9. The molecule has 1 N–H and O–H groups in total. The highest BCUT2D eigenvalue weighted by molar-refractivity contribution is 9.11. The van der Waals surface area contributed by atoms with Gasteiger partial charge in [0.2, 0.25) is 0 Å². The topological polar surface area (TPSA) is 75.7 Å². The van der Waals surface area contributed by atoms with Gasteiger partial charge in [0, 0.05) is 47.8 Å². The van der Waals surface area contributed by atoms with Gasteiger partial charge in [-0.15, -0.1) is 0 Å². The van der Waals surface area contributed by atoms with Crippen LogP contribution >= 0.6 is 43.5 Å². The van der Waals surface area contributed by atoms with Crippen molar-refractivity contribution in [3.8, 4) is 5.75 Å². The molecule has 0 unspecified atom stereocenters. The third kappa shape index (κ3) is 6.00. The largest absolute Gasteiger partial charge is 0.481 e. The van der Waals surface area contributed by atoms with Gasteiger partial charge in [-0.05, 0) is 92.3 Å². The van der Waals surface area contributed by atoms with E-state index in [0.717, 1.165) is 40.9 Å². The second kappa shape index (κ2) is 11.6. The maximum absolute atomic E-state index is 13.9. The van der Waals surface area contributed by atoms with Gasteiger partial charge in [-0.25, -0.2) is 0 Å². The van der Waals surface area contributed by atoms with Gasteiger partial charge in [0.05, 0.1) is 19.7 Å². The molecule has 5 rings (SSSR count). The van der Waals surface area contributed by atoms with Crippen LogP contribution < -0.4 is 10.1 Å². The van der Waals surface area contributed by atoms with Crippen molar-refractivity contribution in [3.05, 3.63) is 78.5 Å². The Labute approximate surface area is 269 Å². The second-order valence-corrected chi connectivity index (χ2v) is 15.0. The Hall–Kier alpha value is -2.42. The van der Waals surface area contributed by atoms with E-state index in [4.69, 9.17) is 16.3 Å². The summed E-state index contributed by atoms with van der Waals surface area (Å²) in [7, 11) is 0. The van der Waals surface area contributed by atoms with Crippen LogP contribution in [0.25, 0.3) is 0 Å². The lowest BCUT2D eigenvalue weighted by Gasteiger charge is -2.49. The number of carbonyl (C=O) groups is 3. The van der Waals surface area contributed by atoms with Gasteiger partial charge in [-0.3, -0.25) is 14.4 Å². The first-order valence-corrected chi connectivity index (χ1v) is 16.1. The molecule has 1 amide bonds. The number of nitrogens with one attached hydrogen (secondary N) is 1. The molecule has 0 saturated heterocycles. The van der Waals surface area contributed by atoms with E-state index in [9.17, 15) is 14.4 Å². The summed E-state index contributed by atoms with van der Waals surface area (Å²) < 4.78 is 7.15. The average Bonchev–Trinajstić information content (AvgIpc) is 2.87. The van der Waals surface area contributed by atoms with Crippen LogP contribution in [-0.4, -0.2) is 35.5 Å². The zero-order valence-electron chi connectivity index (χ0n) is 24.5. The van der Waals surface area contributed by atoms with Crippen molar-refractivity contribution >= 4 is 66.6 Å². The minimum absolute atomic E-state index is 0.0951. The first kappa shape index (κ1) is 31.0. The van der Waals surface area contributed by atoms with Crippen LogP contribution in [0.15, 0.2) is 67.9 Å². The van der Waals surface area contributed by atoms with Crippen LogP contribution in [0.5, 0.6) is 5.75 Å².